The molecule has 0 aromatic heterocycles. The minimum Gasteiger partial charge on any atom is -0.458 e. The summed E-state index contributed by atoms with van der Waals surface area (Å²) >= 11 is 0. The molecule has 394 valence electrons. The van der Waals surface area contributed by atoms with Gasteiger partial charge in [-0.1, -0.05) is 285 Å². The molecule has 0 amide bonds. The van der Waals surface area contributed by atoms with Crippen molar-refractivity contribution in [1.29, 1.82) is 0 Å². The lowest BCUT2D eigenvalue weighted by Gasteiger charge is -2.28. The van der Waals surface area contributed by atoms with Crippen molar-refractivity contribution in [3.63, 3.8) is 0 Å². The van der Waals surface area contributed by atoms with Crippen LogP contribution in [0.3, 0.4) is 0 Å². The molecule has 3 aromatic carbocycles. The largest absolute Gasteiger partial charge is 0.475 e. The Kier molecular flexibility index (Phi) is 36.8. The van der Waals surface area contributed by atoms with Crippen molar-refractivity contribution in [3.05, 3.63) is 108 Å². The van der Waals surface area contributed by atoms with Crippen LogP contribution in [-0.2, 0) is 56.8 Å². The summed E-state index contributed by atoms with van der Waals surface area (Å²) in [6.45, 7) is 4.18. The van der Waals surface area contributed by atoms with Crippen molar-refractivity contribution < 1.29 is 37.2 Å². The average Bonchev–Trinajstić information content (AvgIpc) is 3.38. The standard InChI is InChI=1S/C61H97O8P/c1-3-5-7-9-11-13-15-17-19-21-23-25-27-29-40-48-60(62)68-58(51-50-55-42-34-31-35-43-55)59(69-61(63)49-41-30-28-26-24-22-20-18-16-14-12-10-8-6-4-2)54-67-70(64,65-52-56-44-36-32-37-45-56)66-53-57-46-38-33-39-47-57/h31-39,42-47,58-59H,3-30,40-41,48-54H2,1-2H3. The molecule has 3 aromatic rings. The Balaban J connectivity index is 1.59. The number of hydrogen-bond acceptors (Lipinski definition) is 8. The normalized spacial score (nSPS) is 12.5. The van der Waals surface area contributed by atoms with Gasteiger partial charge >= 0.3 is 19.8 Å². The predicted molar refractivity (Wildman–Crippen MR) is 290 cm³/mol. The number of unbranched alkanes of at least 4 members (excludes halogenated alkanes) is 28. The molecule has 0 N–H and O–H groups in total. The van der Waals surface area contributed by atoms with Gasteiger partial charge in [0.05, 0.1) is 19.8 Å². The highest BCUT2D eigenvalue weighted by Crippen LogP contribution is 2.51. The molecule has 0 fully saturated rings. The Morgan fingerprint density at radius 1 is 0.386 bits per heavy atom. The van der Waals surface area contributed by atoms with E-state index in [-0.39, 0.29) is 38.6 Å². The maximum atomic E-state index is 14.5. The minimum atomic E-state index is -4.23. The Labute approximate surface area is 427 Å². The number of esters is 2. The van der Waals surface area contributed by atoms with Crippen molar-refractivity contribution >= 4 is 19.8 Å². The third-order valence-corrected chi connectivity index (χ3v) is 14.7. The SMILES string of the molecule is CCCCCCCCCCCCCCCCCC(=O)OC(CCc1ccccc1)C(COP(=O)(OCc1ccccc1)OCc1ccccc1)OC(=O)CCCCCCCCCCCCCCCCC. The zero-order valence-electron chi connectivity index (χ0n) is 44.2. The predicted octanol–water partition coefficient (Wildman–Crippen LogP) is 18.5. The van der Waals surface area contributed by atoms with Crippen molar-refractivity contribution in [2.45, 2.75) is 258 Å². The summed E-state index contributed by atoms with van der Waals surface area (Å²) in [5, 5.41) is 0. The molecule has 8 nitrogen and oxygen atoms in total. The van der Waals surface area contributed by atoms with E-state index in [2.05, 4.69) is 13.8 Å². The molecule has 0 aliphatic heterocycles. The van der Waals surface area contributed by atoms with Crippen LogP contribution in [0.2, 0.25) is 0 Å². The zero-order valence-corrected chi connectivity index (χ0v) is 45.1. The second-order valence-corrected chi connectivity index (χ2v) is 21.4. The third-order valence-electron chi connectivity index (χ3n) is 13.4. The Hall–Kier alpha value is -3.29. The zero-order chi connectivity index (χ0) is 49.8. The monoisotopic (exact) mass is 989 g/mol. The van der Waals surface area contributed by atoms with Gasteiger partial charge in [0.1, 0.15) is 6.10 Å². The molecule has 0 spiro atoms. The van der Waals surface area contributed by atoms with Gasteiger partial charge in [-0.05, 0) is 42.4 Å². The minimum absolute atomic E-state index is 0.0117. The molecule has 0 saturated carbocycles. The van der Waals surface area contributed by atoms with Crippen LogP contribution in [0, 0.1) is 0 Å². The second-order valence-electron chi connectivity index (χ2n) is 19.7. The maximum Gasteiger partial charge on any atom is 0.475 e. The van der Waals surface area contributed by atoms with E-state index in [1.165, 1.54) is 154 Å². The fourth-order valence-electron chi connectivity index (χ4n) is 8.96. The number of ether oxygens (including phenoxy) is 2. The molecule has 0 aliphatic rings. The molecular formula is C61H97O8P. The summed E-state index contributed by atoms with van der Waals surface area (Å²) in [4.78, 5) is 27.3. The fraction of sp³-hybridized carbons (Fsp3) is 0.672. The Morgan fingerprint density at radius 3 is 1.03 bits per heavy atom. The lowest BCUT2D eigenvalue weighted by molar-refractivity contribution is -0.171. The molecule has 0 saturated heterocycles. The second kappa shape index (κ2) is 42.2. The van der Waals surface area contributed by atoms with E-state index >= 15 is 0 Å². The molecule has 2 atom stereocenters. The number of carbonyl (C=O) groups excluding carboxylic acids is 2. The van der Waals surface area contributed by atoms with Gasteiger partial charge in [-0.25, -0.2) is 4.57 Å². The number of phosphoric ester groups is 1. The molecule has 0 bridgehead atoms. The van der Waals surface area contributed by atoms with Gasteiger partial charge < -0.3 is 9.47 Å². The molecule has 0 heterocycles. The summed E-state index contributed by atoms with van der Waals surface area (Å²) in [6.07, 6.45) is 36.9. The highest BCUT2D eigenvalue weighted by molar-refractivity contribution is 7.48. The Bertz CT molecular complexity index is 1660. The van der Waals surface area contributed by atoms with E-state index in [1.807, 2.05) is 91.0 Å². The highest BCUT2D eigenvalue weighted by atomic mass is 31.2. The Morgan fingerprint density at radius 2 is 0.686 bits per heavy atom. The summed E-state index contributed by atoms with van der Waals surface area (Å²) in [6, 6.07) is 28.8. The van der Waals surface area contributed by atoms with E-state index in [0.29, 0.717) is 19.3 Å². The number of benzene rings is 3. The highest BCUT2D eigenvalue weighted by Gasteiger charge is 2.35. The first-order valence-corrected chi connectivity index (χ1v) is 29.9. The topological polar surface area (TPSA) is 97.4 Å². The van der Waals surface area contributed by atoms with Gasteiger partial charge in [-0.2, -0.15) is 0 Å². The molecule has 0 aliphatic carbocycles. The third kappa shape index (κ3) is 32.6. The van der Waals surface area contributed by atoms with Gasteiger partial charge in [0.15, 0.2) is 6.10 Å². The lowest BCUT2D eigenvalue weighted by atomic mass is 10.0. The molecule has 3 rings (SSSR count). The number of carbonyl (C=O) groups is 2. The van der Waals surface area contributed by atoms with Crippen molar-refractivity contribution in [2.75, 3.05) is 6.61 Å². The smallest absolute Gasteiger partial charge is 0.458 e. The van der Waals surface area contributed by atoms with E-state index in [1.54, 1.807) is 0 Å². The summed E-state index contributed by atoms with van der Waals surface area (Å²) in [7, 11) is -4.23. The molecule has 0 radical (unpaired) electrons. The number of hydrogen-bond donors (Lipinski definition) is 0. The first-order chi connectivity index (χ1) is 34.4. The lowest BCUT2D eigenvalue weighted by Crippen LogP contribution is -2.39. The van der Waals surface area contributed by atoms with Gasteiger partial charge in [-0.3, -0.25) is 23.2 Å². The van der Waals surface area contributed by atoms with Gasteiger partial charge in [0, 0.05) is 12.8 Å². The first-order valence-electron chi connectivity index (χ1n) is 28.4. The van der Waals surface area contributed by atoms with Crippen LogP contribution in [0.15, 0.2) is 91.0 Å². The maximum absolute atomic E-state index is 14.5. The van der Waals surface area contributed by atoms with Crippen molar-refractivity contribution in [2.24, 2.45) is 0 Å². The van der Waals surface area contributed by atoms with Crippen LogP contribution in [0.5, 0.6) is 0 Å². The first kappa shape index (κ1) is 61.0. The van der Waals surface area contributed by atoms with Crippen molar-refractivity contribution in [1.82, 2.24) is 0 Å². The van der Waals surface area contributed by atoms with Crippen LogP contribution in [0.4, 0.5) is 0 Å². The summed E-state index contributed by atoms with van der Waals surface area (Å²) in [5.41, 5.74) is 2.67. The van der Waals surface area contributed by atoms with E-state index in [9.17, 15) is 14.2 Å². The van der Waals surface area contributed by atoms with Crippen molar-refractivity contribution in [3.8, 4) is 0 Å². The quantitative estimate of drug-likeness (QED) is 0.0314. The van der Waals surface area contributed by atoms with Gasteiger partial charge in [-0.15, -0.1) is 0 Å². The van der Waals surface area contributed by atoms with Crippen LogP contribution >= 0.6 is 7.82 Å². The van der Waals surface area contributed by atoms with Crippen LogP contribution in [0.1, 0.15) is 242 Å². The summed E-state index contributed by atoms with van der Waals surface area (Å²) in [5.74, 6) is -0.725. The van der Waals surface area contributed by atoms with Crippen LogP contribution in [-0.4, -0.2) is 30.8 Å². The number of rotatable bonds is 47. The van der Waals surface area contributed by atoms with E-state index in [4.69, 9.17) is 23.0 Å². The average molecular weight is 989 g/mol. The van der Waals surface area contributed by atoms with Gasteiger partial charge in [0.2, 0.25) is 0 Å². The molecular weight excluding hydrogens is 892 g/mol. The fourth-order valence-corrected chi connectivity index (χ4v) is 10.1. The van der Waals surface area contributed by atoms with E-state index < -0.39 is 26.0 Å². The number of aryl methyl sites for hydroxylation is 1. The molecule has 9 heteroatoms. The molecule has 70 heavy (non-hydrogen) atoms. The van der Waals surface area contributed by atoms with Crippen LogP contribution in [0.25, 0.3) is 0 Å². The number of phosphoric acid groups is 1. The summed E-state index contributed by atoms with van der Waals surface area (Å²) < 4.78 is 44.9. The van der Waals surface area contributed by atoms with E-state index in [0.717, 1.165) is 48.8 Å². The van der Waals surface area contributed by atoms with Crippen LogP contribution < -0.4 is 0 Å². The molecule has 2 unspecified atom stereocenters. The van der Waals surface area contributed by atoms with Gasteiger partial charge in [0.25, 0.3) is 0 Å².